The zero-order valence-corrected chi connectivity index (χ0v) is 21.1. The number of hydrogen-bond donors (Lipinski definition) is 0. The molecule has 0 saturated heterocycles. The summed E-state index contributed by atoms with van der Waals surface area (Å²) >= 11 is 6.36. The first-order valence-corrected chi connectivity index (χ1v) is 12.7. The first-order valence-electron chi connectivity index (χ1n) is 12.3. The van der Waals surface area contributed by atoms with Gasteiger partial charge in [-0.2, -0.15) is 0 Å². The third kappa shape index (κ3) is 4.17. The first kappa shape index (κ1) is 23.4. The van der Waals surface area contributed by atoms with Gasteiger partial charge in [0.05, 0.1) is 34.8 Å². The molecule has 6 nitrogen and oxygen atoms in total. The number of nitrogens with zero attached hydrogens (tertiary/aromatic N) is 3. The van der Waals surface area contributed by atoms with Gasteiger partial charge in [-0.15, -0.1) is 0 Å². The first-order chi connectivity index (χ1) is 18.1. The van der Waals surface area contributed by atoms with Crippen molar-refractivity contribution in [2.24, 2.45) is 0 Å². The van der Waals surface area contributed by atoms with Gasteiger partial charge in [0.25, 0.3) is 5.91 Å². The van der Waals surface area contributed by atoms with Crippen LogP contribution in [0, 0.1) is 0 Å². The Morgan fingerprint density at radius 3 is 2.32 bits per heavy atom. The number of amides is 2. The van der Waals surface area contributed by atoms with Gasteiger partial charge in [0.2, 0.25) is 5.91 Å². The summed E-state index contributed by atoms with van der Waals surface area (Å²) in [6, 6.07) is 26.4. The molecule has 186 valence electrons. The van der Waals surface area contributed by atoms with Crippen LogP contribution < -0.4 is 9.64 Å². The van der Waals surface area contributed by atoms with E-state index < -0.39 is 0 Å². The van der Waals surface area contributed by atoms with Crippen LogP contribution in [0.15, 0.2) is 91.1 Å². The van der Waals surface area contributed by atoms with Crippen molar-refractivity contribution >= 4 is 29.1 Å². The third-order valence-corrected chi connectivity index (χ3v) is 7.41. The molecule has 7 heteroatoms. The van der Waals surface area contributed by atoms with Crippen LogP contribution in [0.3, 0.4) is 0 Å². The number of para-hydroxylation sites is 2. The van der Waals surface area contributed by atoms with Crippen LogP contribution in [0.1, 0.15) is 40.5 Å². The maximum atomic E-state index is 14.2. The number of anilines is 1. The highest BCUT2D eigenvalue weighted by molar-refractivity contribution is 6.33. The molecule has 2 heterocycles. The van der Waals surface area contributed by atoms with Gasteiger partial charge >= 0.3 is 0 Å². The van der Waals surface area contributed by atoms with Crippen LogP contribution in [-0.2, 0) is 4.79 Å². The molecule has 1 atom stereocenters. The SMILES string of the molecule is COc1ccc(C2c3cccn3-c3ccccc3N2C(=O)CN(C(=O)c2ccccc2Cl)C2CC2)cc1. The number of halogens is 1. The van der Waals surface area contributed by atoms with Gasteiger partial charge in [0.15, 0.2) is 0 Å². The fraction of sp³-hybridized carbons (Fsp3) is 0.200. The van der Waals surface area contributed by atoms with E-state index in [9.17, 15) is 9.59 Å². The van der Waals surface area contributed by atoms with E-state index in [0.717, 1.165) is 41.2 Å². The maximum Gasteiger partial charge on any atom is 0.256 e. The Kier molecular flexibility index (Phi) is 5.97. The molecule has 2 aliphatic rings. The topological polar surface area (TPSA) is 54.8 Å². The van der Waals surface area contributed by atoms with Crippen molar-refractivity contribution in [2.45, 2.75) is 24.9 Å². The van der Waals surface area contributed by atoms with Crippen molar-refractivity contribution in [1.29, 1.82) is 0 Å². The number of benzene rings is 3. The van der Waals surface area contributed by atoms with Crippen LogP contribution in [0.5, 0.6) is 5.75 Å². The van der Waals surface area contributed by atoms with Gasteiger partial charge < -0.3 is 14.2 Å². The fourth-order valence-corrected chi connectivity index (χ4v) is 5.34. The van der Waals surface area contributed by atoms with Gasteiger partial charge in [-0.1, -0.05) is 48.0 Å². The molecule has 1 aromatic heterocycles. The van der Waals surface area contributed by atoms with Crippen molar-refractivity contribution in [1.82, 2.24) is 9.47 Å². The van der Waals surface area contributed by atoms with E-state index in [0.29, 0.717) is 10.6 Å². The molecule has 6 rings (SSSR count). The minimum Gasteiger partial charge on any atom is -0.497 e. The largest absolute Gasteiger partial charge is 0.497 e. The molecular weight excluding hydrogens is 486 g/mol. The minimum absolute atomic E-state index is 0.0313. The lowest BCUT2D eigenvalue weighted by atomic mass is 9.97. The molecule has 1 aliphatic heterocycles. The summed E-state index contributed by atoms with van der Waals surface area (Å²) in [5.74, 6) is 0.391. The van der Waals surface area contributed by atoms with Gasteiger partial charge in [-0.05, 0) is 66.9 Å². The highest BCUT2D eigenvalue weighted by Gasteiger charge is 2.40. The van der Waals surface area contributed by atoms with Gasteiger partial charge in [0.1, 0.15) is 18.3 Å². The van der Waals surface area contributed by atoms with E-state index in [4.69, 9.17) is 16.3 Å². The van der Waals surface area contributed by atoms with E-state index in [-0.39, 0.29) is 30.4 Å². The summed E-state index contributed by atoms with van der Waals surface area (Å²) in [5.41, 5.74) is 4.09. The Bertz CT molecular complexity index is 1480. The summed E-state index contributed by atoms with van der Waals surface area (Å²) in [6.45, 7) is -0.0313. The molecule has 0 N–H and O–H groups in total. The number of aromatic nitrogens is 1. The molecule has 3 aromatic carbocycles. The van der Waals surface area contributed by atoms with E-state index in [1.807, 2.05) is 71.8 Å². The molecular formula is C30H26ClN3O3. The van der Waals surface area contributed by atoms with E-state index >= 15 is 0 Å². The summed E-state index contributed by atoms with van der Waals surface area (Å²) in [5, 5.41) is 0.392. The van der Waals surface area contributed by atoms with E-state index in [1.54, 1.807) is 36.3 Å². The number of carbonyl (C=O) groups is 2. The van der Waals surface area contributed by atoms with Crippen LogP contribution in [0.2, 0.25) is 5.02 Å². The number of hydrogen-bond acceptors (Lipinski definition) is 3. The number of fused-ring (bicyclic) bond motifs is 3. The monoisotopic (exact) mass is 511 g/mol. The highest BCUT2D eigenvalue weighted by Crippen LogP contribution is 2.43. The Labute approximate surface area is 220 Å². The van der Waals surface area contributed by atoms with Crippen LogP contribution in [0.25, 0.3) is 5.69 Å². The van der Waals surface area contributed by atoms with E-state index in [2.05, 4.69) is 4.57 Å². The van der Waals surface area contributed by atoms with Crippen LogP contribution in [0.4, 0.5) is 5.69 Å². The summed E-state index contributed by atoms with van der Waals surface area (Å²) in [4.78, 5) is 31.3. The highest BCUT2D eigenvalue weighted by atomic mass is 35.5. The van der Waals surface area contributed by atoms with Crippen molar-refractivity contribution < 1.29 is 14.3 Å². The Morgan fingerprint density at radius 1 is 0.919 bits per heavy atom. The summed E-state index contributed by atoms with van der Waals surface area (Å²) in [6.07, 6.45) is 3.78. The Hall–Kier alpha value is -4.03. The standard InChI is InChI=1S/C30H26ClN3O3/c1-37-22-16-12-20(13-17-22)29-27-11-6-18-32(27)25-9-4-5-10-26(25)34(29)28(35)19-33(21-14-15-21)30(36)23-7-2-3-8-24(23)31/h2-13,16-18,21,29H,14-15,19H2,1H3. The molecule has 0 spiro atoms. The minimum atomic E-state index is -0.361. The number of carbonyl (C=O) groups excluding carboxylic acids is 2. The van der Waals surface area contributed by atoms with Crippen molar-refractivity contribution in [3.8, 4) is 11.4 Å². The predicted molar refractivity (Wildman–Crippen MR) is 144 cm³/mol. The van der Waals surface area contributed by atoms with E-state index in [1.165, 1.54) is 0 Å². The molecule has 1 aliphatic carbocycles. The Morgan fingerprint density at radius 2 is 1.62 bits per heavy atom. The van der Waals surface area contributed by atoms with Crippen LogP contribution in [-0.4, -0.2) is 41.0 Å². The third-order valence-electron chi connectivity index (χ3n) is 7.08. The van der Waals surface area contributed by atoms with Crippen molar-refractivity contribution in [2.75, 3.05) is 18.6 Å². The Balaban J connectivity index is 1.41. The molecule has 0 radical (unpaired) electrons. The van der Waals surface area contributed by atoms with Crippen molar-refractivity contribution in [3.05, 3.63) is 113 Å². The molecule has 1 fully saturated rings. The number of ether oxygens (including phenoxy) is 1. The lowest BCUT2D eigenvalue weighted by Gasteiger charge is -2.39. The summed E-state index contributed by atoms with van der Waals surface area (Å²) in [7, 11) is 1.63. The second-order valence-corrected chi connectivity index (χ2v) is 9.78. The van der Waals surface area contributed by atoms with Gasteiger partial charge in [-0.3, -0.25) is 14.5 Å². The van der Waals surface area contributed by atoms with Crippen molar-refractivity contribution in [3.63, 3.8) is 0 Å². The zero-order chi connectivity index (χ0) is 25.5. The molecule has 0 bridgehead atoms. The molecule has 37 heavy (non-hydrogen) atoms. The van der Waals surface area contributed by atoms with Gasteiger partial charge in [0, 0.05) is 12.2 Å². The molecule has 4 aromatic rings. The fourth-order valence-electron chi connectivity index (χ4n) is 5.13. The second kappa shape index (κ2) is 9.45. The summed E-state index contributed by atoms with van der Waals surface area (Å²) < 4.78 is 7.49. The zero-order valence-electron chi connectivity index (χ0n) is 20.4. The quantitative estimate of drug-likeness (QED) is 0.325. The molecule has 1 unspecified atom stereocenters. The average molecular weight is 512 g/mol. The normalized spacial score (nSPS) is 16.1. The predicted octanol–water partition coefficient (Wildman–Crippen LogP) is 5.88. The van der Waals surface area contributed by atoms with Crippen LogP contribution >= 0.6 is 11.6 Å². The lowest BCUT2D eigenvalue weighted by molar-refractivity contribution is -0.119. The van der Waals surface area contributed by atoms with Gasteiger partial charge in [-0.25, -0.2) is 0 Å². The second-order valence-electron chi connectivity index (χ2n) is 9.38. The number of methoxy groups -OCH3 is 1. The average Bonchev–Trinajstić information content (AvgIpc) is 3.66. The lowest BCUT2D eigenvalue weighted by Crippen LogP contribution is -2.47. The smallest absolute Gasteiger partial charge is 0.256 e. The molecule has 2 amide bonds. The molecule has 1 saturated carbocycles. The maximum absolute atomic E-state index is 14.2. The number of rotatable bonds is 6.